The van der Waals surface area contributed by atoms with Crippen LogP contribution in [-0.2, 0) is 13.1 Å². The lowest BCUT2D eigenvalue weighted by molar-refractivity contribution is -0.148. The maximum absolute atomic E-state index is 12.6. The molecule has 1 N–H and O–H groups in total. The molecule has 1 aromatic rings. The Hall–Kier alpha value is -1.01. The molecule has 1 saturated carbocycles. The van der Waals surface area contributed by atoms with Gasteiger partial charge in [-0.05, 0) is 31.4 Å². The molecule has 1 aliphatic rings. The molecule has 1 fully saturated rings. The highest BCUT2D eigenvalue weighted by Crippen LogP contribution is 2.32. The van der Waals surface area contributed by atoms with E-state index in [1.807, 2.05) is 26.8 Å². The lowest BCUT2D eigenvalue weighted by Gasteiger charge is -2.22. The van der Waals surface area contributed by atoms with E-state index in [2.05, 4.69) is 5.32 Å². The Balaban J connectivity index is 1.98. The molecule has 0 radical (unpaired) electrons. The molecule has 120 valence electrons. The van der Waals surface area contributed by atoms with Gasteiger partial charge in [-0.1, -0.05) is 13.8 Å². The van der Waals surface area contributed by atoms with Crippen molar-refractivity contribution in [3.63, 3.8) is 0 Å². The third-order valence-corrected chi connectivity index (χ3v) is 3.55. The van der Waals surface area contributed by atoms with Crippen LogP contribution in [-0.4, -0.2) is 29.7 Å². The molecule has 1 aromatic heterocycles. The molecule has 1 heterocycles. The van der Waals surface area contributed by atoms with E-state index in [-0.39, 0.29) is 12.6 Å². The second-order valence-corrected chi connectivity index (χ2v) is 6.11. The van der Waals surface area contributed by atoms with E-state index in [1.165, 1.54) is 4.90 Å². The van der Waals surface area contributed by atoms with E-state index >= 15 is 0 Å². The molecule has 0 atom stereocenters. The van der Waals surface area contributed by atoms with Crippen LogP contribution in [0.4, 0.5) is 13.2 Å². The Kier molecular flexibility index (Phi) is 4.99. The van der Waals surface area contributed by atoms with Crippen LogP contribution in [0.2, 0.25) is 0 Å². The minimum atomic E-state index is -4.16. The number of hydrogen-bond acceptors (Lipinski definition) is 3. The molecule has 1 aliphatic carbocycles. The number of nitrogens with one attached hydrogen (secondary N) is 1. The fourth-order valence-corrected chi connectivity index (χ4v) is 2.32. The predicted octanol–water partition coefficient (Wildman–Crippen LogP) is 3.61. The Bertz CT molecular complexity index is 464. The van der Waals surface area contributed by atoms with Crippen LogP contribution < -0.4 is 5.32 Å². The van der Waals surface area contributed by atoms with Gasteiger partial charge in [-0.15, -0.1) is 0 Å². The summed E-state index contributed by atoms with van der Waals surface area (Å²) in [6, 6.07) is 2.24. The zero-order valence-corrected chi connectivity index (χ0v) is 12.8. The second-order valence-electron chi connectivity index (χ2n) is 6.11. The summed E-state index contributed by atoms with van der Waals surface area (Å²) >= 11 is 0. The zero-order valence-electron chi connectivity index (χ0n) is 12.8. The Morgan fingerprint density at radius 3 is 2.57 bits per heavy atom. The van der Waals surface area contributed by atoms with Crippen LogP contribution in [0.15, 0.2) is 10.5 Å². The molecule has 0 saturated heterocycles. The fraction of sp³-hybridized carbons (Fsp3) is 0.733. The standard InChI is InChI=1S/C15H23F3N2O/c1-10(2)19-7-14-11(3)6-13(21-14)8-20(12-4-5-12)9-15(16,17)18/h6,10,12,19H,4-5,7-9H2,1-3H3. The summed E-state index contributed by atoms with van der Waals surface area (Å²) in [7, 11) is 0. The fourth-order valence-electron chi connectivity index (χ4n) is 2.32. The van der Waals surface area contributed by atoms with Crippen molar-refractivity contribution >= 4 is 0 Å². The van der Waals surface area contributed by atoms with E-state index in [0.717, 1.165) is 24.2 Å². The quantitative estimate of drug-likeness (QED) is 0.834. The summed E-state index contributed by atoms with van der Waals surface area (Å²) in [6.07, 6.45) is -2.47. The van der Waals surface area contributed by atoms with Crippen molar-refractivity contribution in [2.45, 2.75) is 65.0 Å². The number of nitrogens with zero attached hydrogens (tertiary/aromatic N) is 1. The van der Waals surface area contributed by atoms with Gasteiger partial charge in [-0.25, -0.2) is 0 Å². The van der Waals surface area contributed by atoms with E-state index < -0.39 is 12.7 Å². The molecular weight excluding hydrogens is 281 g/mol. The van der Waals surface area contributed by atoms with Crippen molar-refractivity contribution in [3.8, 4) is 0 Å². The summed E-state index contributed by atoms with van der Waals surface area (Å²) in [5.41, 5.74) is 0.987. The summed E-state index contributed by atoms with van der Waals surface area (Å²) < 4.78 is 43.5. The van der Waals surface area contributed by atoms with E-state index in [9.17, 15) is 13.2 Å². The molecule has 0 spiro atoms. The van der Waals surface area contributed by atoms with Crippen molar-refractivity contribution in [2.75, 3.05) is 6.54 Å². The molecule has 6 heteroatoms. The highest BCUT2D eigenvalue weighted by atomic mass is 19.4. The van der Waals surface area contributed by atoms with Gasteiger partial charge in [-0.3, -0.25) is 4.90 Å². The first kappa shape index (κ1) is 16.4. The molecular formula is C15H23F3N2O. The van der Waals surface area contributed by atoms with Gasteiger partial charge in [0.2, 0.25) is 0 Å². The van der Waals surface area contributed by atoms with Gasteiger partial charge in [-0.2, -0.15) is 13.2 Å². The van der Waals surface area contributed by atoms with Gasteiger partial charge in [0.1, 0.15) is 11.5 Å². The third kappa shape index (κ3) is 5.36. The largest absolute Gasteiger partial charge is 0.463 e. The van der Waals surface area contributed by atoms with Crippen LogP contribution in [0.25, 0.3) is 0 Å². The van der Waals surface area contributed by atoms with Crippen LogP contribution in [0.5, 0.6) is 0 Å². The van der Waals surface area contributed by atoms with Gasteiger partial charge in [0.05, 0.1) is 19.6 Å². The lowest BCUT2D eigenvalue weighted by Crippen LogP contribution is -2.35. The molecule has 21 heavy (non-hydrogen) atoms. The number of halogens is 3. The third-order valence-electron chi connectivity index (χ3n) is 3.55. The van der Waals surface area contributed by atoms with Crippen molar-refractivity contribution < 1.29 is 17.6 Å². The Morgan fingerprint density at radius 2 is 2.05 bits per heavy atom. The molecule has 0 bridgehead atoms. The number of alkyl halides is 3. The first-order valence-corrected chi connectivity index (χ1v) is 7.37. The van der Waals surface area contributed by atoms with E-state index in [0.29, 0.717) is 18.3 Å². The van der Waals surface area contributed by atoms with Gasteiger partial charge < -0.3 is 9.73 Å². The maximum Gasteiger partial charge on any atom is 0.401 e. The summed E-state index contributed by atoms with van der Waals surface area (Å²) in [5, 5.41) is 3.26. The Morgan fingerprint density at radius 1 is 1.38 bits per heavy atom. The molecule has 0 aromatic carbocycles. The number of aryl methyl sites for hydroxylation is 1. The lowest BCUT2D eigenvalue weighted by atomic mass is 10.2. The average molecular weight is 304 g/mol. The Labute approximate surface area is 123 Å². The number of furan rings is 1. The van der Waals surface area contributed by atoms with Gasteiger partial charge in [0.25, 0.3) is 0 Å². The maximum atomic E-state index is 12.6. The SMILES string of the molecule is Cc1cc(CN(CC(F)(F)F)C2CC2)oc1CNC(C)C. The molecule has 0 amide bonds. The monoisotopic (exact) mass is 304 g/mol. The number of hydrogen-bond donors (Lipinski definition) is 1. The highest BCUT2D eigenvalue weighted by Gasteiger charge is 2.38. The van der Waals surface area contributed by atoms with Crippen molar-refractivity contribution in [3.05, 3.63) is 23.2 Å². The van der Waals surface area contributed by atoms with Crippen LogP contribution in [0.1, 0.15) is 43.8 Å². The van der Waals surface area contributed by atoms with Crippen molar-refractivity contribution in [1.82, 2.24) is 10.2 Å². The number of rotatable bonds is 7. The first-order valence-electron chi connectivity index (χ1n) is 7.37. The predicted molar refractivity (Wildman–Crippen MR) is 74.9 cm³/mol. The van der Waals surface area contributed by atoms with Crippen LogP contribution in [0, 0.1) is 6.92 Å². The molecule has 0 unspecified atom stereocenters. The molecule has 2 rings (SSSR count). The summed E-state index contributed by atoms with van der Waals surface area (Å²) in [6.45, 7) is 5.97. The topological polar surface area (TPSA) is 28.4 Å². The first-order chi connectivity index (χ1) is 9.74. The van der Waals surface area contributed by atoms with Crippen LogP contribution in [0.3, 0.4) is 0 Å². The minimum absolute atomic E-state index is 0.0503. The van der Waals surface area contributed by atoms with Gasteiger partial charge in [0, 0.05) is 12.1 Å². The van der Waals surface area contributed by atoms with Crippen molar-refractivity contribution in [1.29, 1.82) is 0 Å². The zero-order chi connectivity index (χ0) is 15.6. The molecule has 0 aliphatic heterocycles. The average Bonchev–Trinajstić information content (AvgIpc) is 3.10. The summed E-state index contributed by atoms with van der Waals surface area (Å²) in [4.78, 5) is 1.47. The molecule has 3 nitrogen and oxygen atoms in total. The van der Waals surface area contributed by atoms with E-state index in [4.69, 9.17) is 4.42 Å². The van der Waals surface area contributed by atoms with Crippen LogP contribution >= 0.6 is 0 Å². The second kappa shape index (κ2) is 6.40. The smallest absolute Gasteiger partial charge is 0.401 e. The highest BCUT2D eigenvalue weighted by molar-refractivity contribution is 5.20. The van der Waals surface area contributed by atoms with Gasteiger partial charge in [0.15, 0.2) is 0 Å². The summed E-state index contributed by atoms with van der Waals surface area (Å²) in [5.74, 6) is 1.42. The minimum Gasteiger partial charge on any atom is -0.463 e. The van der Waals surface area contributed by atoms with E-state index in [1.54, 1.807) is 0 Å². The van der Waals surface area contributed by atoms with Gasteiger partial charge >= 0.3 is 6.18 Å². The normalized spacial score (nSPS) is 16.2. The van der Waals surface area contributed by atoms with Crippen molar-refractivity contribution in [2.24, 2.45) is 0 Å².